The van der Waals surface area contributed by atoms with E-state index >= 15 is 0 Å². The molecule has 2 aliphatic rings. The van der Waals surface area contributed by atoms with E-state index in [0.29, 0.717) is 33.2 Å². The lowest BCUT2D eigenvalue weighted by molar-refractivity contribution is -0.125. The summed E-state index contributed by atoms with van der Waals surface area (Å²) < 4.78 is 0. The first-order chi connectivity index (χ1) is 14.8. The van der Waals surface area contributed by atoms with Crippen LogP contribution in [0.5, 0.6) is 0 Å². The third-order valence-corrected chi connectivity index (χ3v) is 6.52. The molecule has 0 radical (unpaired) electrons. The number of hydrogen-bond acceptors (Lipinski definition) is 5. The predicted molar refractivity (Wildman–Crippen MR) is 121 cm³/mol. The lowest BCUT2D eigenvalue weighted by atomic mass is 9.92. The summed E-state index contributed by atoms with van der Waals surface area (Å²) in [5, 5.41) is 6.11. The van der Waals surface area contributed by atoms with Crippen LogP contribution in [0.25, 0.3) is 0 Å². The quantitative estimate of drug-likeness (QED) is 0.643. The molecule has 10 heteroatoms. The van der Waals surface area contributed by atoms with Crippen molar-refractivity contribution >= 4 is 52.5 Å². The van der Waals surface area contributed by atoms with E-state index in [4.69, 9.17) is 23.2 Å². The normalized spacial score (nSPS) is 19.0. The summed E-state index contributed by atoms with van der Waals surface area (Å²) in [6.45, 7) is 3.83. The molecule has 31 heavy (non-hydrogen) atoms. The molecule has 0 unspecified atom stereocenters. The van der Waals surface area contributed by atoms with Crippen molar-refractivity contribution in [2.45, 2.75) is 32.6 Å². The Hall–Kier alpha value is -2.58. The highest BCUT2D eigenvalue weighted by atomic mass is 35.5. The van der Waals surface area contributed by atoms with Gasteiger partial charge in [0.15, 0.2) is 0 Å². The van der Waals surface area contributed by atoms with E-state index in [-0.39, 0.29) is 36.0 Å². The number of H-pyrrole nitrogens is 1. The number of fused-ring (bicyclic) bond motifs is 1. The highest BCUT2D eigenvalue weighted by molar-refractivity contribution is 6.42. The summed E-state index contributed by atoms with van der Waals surface area (Å²) in [6, 6.07) is 4.74. The zero-order chi connectivity index (χ0) is 22.1. The monoisotopic (exact) mass is 463 g/mol. The number of anilines is 3. The molecule has 0 bridgehead atoms. The number of halogens is 2. The van der Waals surface area contributed by atoms with Crippen LogP contribution >= 0.6 is 23.2 Å². The molecular weight excluding hydrogens is 441 g/mol. The zero-order valence-corrected chi connectivity index (χ0v) is 18.5. The summed E-state index contributed by atoms with van der Waals surface area (Å²) in [7, 11) is 0. The summed E-state index contributed by atoms with van der Waals surface area (Å²) in [4.78, 5) is 47.1. The smallest absolute Gasteiger partial charge is 0.257 e. The largest absolute Gasteiger partial charge is 0.342 e. The molecule has 3 N–H and O–H groups in total. The lowest BCUT2D eigenvalue weighted by Gasteiger charge is -2.31. The molecule has 164 valence electrons. The second kappa shape index (κ2) is 8.88. The number of piperidine rings is 1. The molecule has 2 aliphatic heterocycles. The molecule has 1 aromatic heterocycles. The van der Waals surface area contributed by atoms with Crippen LogP contribution in [0.1, 0.15) is 31.7 Å². The van der Waals surface area contributed by atoms with Crippen LogP contribution in [-0.4, -0.2) is 34.9 Å². The minimum absolute atomic E-state index is 0.0727. The highest BCUT2D eigenvalue weighted by Gasteiger charge is 2.32. The van der Waals surface area contributed by atoms with Crippen molar-refractivity contribution < 1.29 is 9.59 Å². The standard InChI is InChI=1S/C21H23Cl2N5O3/c1-11-4-6-28(7-5-11)21-26-18-14(20(31)27-21)8-12(19(30)25-18)9-17(29)24-13-2-3-15(22)16(23)10-13/h2-3,10-12H,4-9H2,1H3,(H,24,29)(H2,25,26,27,30,31)/t12-/m1/s1. The van der Waals surface area contributed by atoms with Crippen LogP contribution < -0.4 is 21.1 Å². The molecule has 1 atom stereocenters. The average Bonchev–Trinajstić information content (AvgIpc) is 2.72. The maximum atomic E-state index is 12.7. The van der Waals surface area contributed by atoms with Gasteiger partial charge in [-0.3, -0.25) is 19.4 Å². The molecule has 1 fully saturated rings. The van der Waals surface area contributed by atoms with Crippen LogP contribution in [0.2, 0.25) is 10.0 Å². The van der Waals surface area contributed by atoms with E-state index in [2.05, 4.69) is 27.5 Å². The highest BCUT2D eigenvalue weighted by Crippen LogP contribution is 2.28. The topological polar surface area (TPSA) is 107 Å². The van der Waals surface area contributed by atoms with Crippen molar-refractivity contribution in [2.75, 3.05) is 28.6 Å². The van der Waals surface area contributed by atoms with Crippen molar-refractivity contribution in [3.05, 3.63) is 44.2 Å². The third kappa shape index (κ3) is 4.85. The van der Waals surface area contributed by atoms with Gasteiger partial charge in [0.2, 0.25) is 17.8 Å². The van der Waals surface area contributed by atoms with Gasteiger partial charge in [0.25, 0.3) is 5.56 Å². The van der Waals surface area contributed by atoms with E-state index in [1.807, 2.05) is 4.90 Å². The van der Waals surface area contributed by atoms with Gasteiger partial charge >= 0.3 is 0 Å². The third-order valence-electron chi connectivity index (χ3n) is 5.78. The first kappa shape index (κ1) is 21.6. The number of carbonyl (C=O) groups is 2. The Morgan fingerprint density at radius 3 is 2.68 bits per heavy atom. The summed E-state index contributed by atoms with van der Waals surface area (Å²) in [5.74, 6) is 0.0600. The van der Waals surface area contributed by atoms with Gasteiger partial charge in [-0.1, -0.05) is 30.1 Å². The summed E-state index contributed by atoms with van der Waals surface area (Å²) in [5.41, 5.74) is 0.589. The van der Waals surface area contributed by atoms with E-state index in [0.717, 1.165) is 25.9 Å². The molecule has 0 spiro atoms. The Morgan fingerprint density at radius 2 is 1.97 bits per heavy atom. The molecule has 1 saturated heterocycles. The molecule has 1 aromatic carbocycles. The number of rotatable bonds is 4. The van der Waals surface area contributed by atoms with Gasteiger partial charge in [0.1, 0.15) is 5.82 Å². The number of aromatic nitrogens is 2. The molecule has 0 aliphatic carbocycles. The SMILES string of the molecule is CC1CCN(c2nc3c(c(=O)[nH]2)C[C@H](CC(=O)Nc2ccc(Cl)c(Cl)c2)C(=O)N3)CC1. The summed E-state index contributed by atoms with van der Waals surface area (Å²) in [6.07, 6.45) is 2.14. The fourth-order valence-corrected chi connectivity index (χ4v) is 4.18. The maximum Gasteiger partial charge on any atom is 0.257 e. The molecule has 8 nitrogen and oxygen atoms in total. The van der Waals surface area contributed by atoms with Gasteiger partial charge in [0.05, 0.1) is 21.5 Å². The van der Waals surface area contributed by atoms with Crippen molar-refractivity contribution in [1.29, 1.82) is 0 Å². The fourth-order valence-electron chi connectivity index (χ4n) is 3.88. The lowest BCUT2D eigenvalue weighted by Crippen LogP contribution is -2.39. The van der Waals surface area contributed by atoms with E-state index in [9.17, 15) is 14.4 Å². The van der Waals surface area contributed by atoms with Crippen LogP contribution in [-0.2, 0) is 16.0 Å². The van der Waals surface area contributed by atoms with Crippen LogP contribution in [0.4, 0.5) is 17.5 Å². The van der Waals surface area contributed by atoms with E-state index in [1.54, 1.807) is 12.1 Å². The number of benzene rings is 1. The van der Waals surface area contributed by atoms with Crippen LogP contribution in [0.3, 0.4) is 0 Å². The molecule has 3 heterocycles. The minimum Gasteiger partial charge on any atom is -0.342 e. The number of amides is 2. The number of nitrogens with one attached hydrogen (secondary N) is 3. The van der Waals surface area contributed by atoms with Crippen molar-refractivity contribution in [1.82, 2.24) is 9.97 Å². The van der Waals surface area contributed by atoms with Gasteiger partial charge < -0.3 is 15.5 Å². The Balaban J connectivity index is 1.45. The molecule has 2 amide bonds. The number of hydrogen-bond donors (Lipinski definition) is 3. The van der Waals surface area contributed by atoms with Gasteiger partial charge in [-0.05, 0) is 43.4 Å². The van der Waals surface area contributed by atoms with E-state index < -0.39 is 5.92 Å². The second-order valence-electron chi connectivity index (χ2n) is 8.16. The van der Waals surface area contributed by atoms with Crippen LogP contribution in [0.15, 0.2) is 23.0 Å². The number of carbonyl (C=O) groups excluding carboxylic acids is 2. The van der Waals surface area contributed by atoms with Crippen molar-refractivity contribution in [3.8, 4) is 0 Å². The van der Waals surface area contributed by atoms with E-state index in [1.165, 1.54) is 6.07 Å². The Labute approximate surface area is 189 Å². The van der Waals surface area contributed by atoms with Gasteiger partial charge in [-0.25, -0.2) is 0 Å². The van der Waals surface area contributed by atoms with Gasteiger partial charge in [-0.15, -0.1) is 0 Å². The first-order valence-electron chi connectivity index (χ1n) is 10.2. The predicted octanol–water partition coefficient (Wildman–Crippen LogP) is 3.45. The molecular formula is C21H23Cl2N5O3. The maximum absolute atomic E-state index is 12.7. The molecule has 0 saturated carbocycles. The van der Waals surface area contributed by atoms with Crippen LogP contribution in [0, 0.1) is 11.8 Å². The average molecular weight is 464 g/mol. The summed E-state index contributed by atoms with van der Waals surface area (Å²) >= 11 is 11.8. The molecule has 2 aromatic rings. The van der Waals surface area contributed by atoms with Crippen molar-refractivity contribution in [3.63, 3.8) is 0 Å². The Bertz CT molecular complexity index is 1080. The second-order valence-corrected chi connectivity index (χ2v) is 8.97. The van der Waals surface area contributed by atoms with Gasteiger partial charge in [-0.2, -0.15) is 4.98 Å². The fraction of sp³-hybridized carbons (Fsp3) is 0.429. The first-order valence-corrected chi connectivity index (χ1v) is 11.0. The Morgan fingerprint density at radius 1 is 1.23 bits per heavy atom. The minimum atomic E-state index is -0.667. The van der Waals surface area contributed by atoms with Crippen molar-refractivity contribution in [2.24, 2.45) is 11.8 Å². The Kier molecular flexibility index (Phi) is 6.20. The number of aromatic amines is 1. The van der Waals surface area contributed by atoms with Gasteiger partial charge in [0, 0.05) is 25.2 Å². The zero-order valence-electron chi connectivity index (χ0n) is 17.0. The number of nitrogens with zero attached hydrogens (tertiary/aromatic N) is 2. The molecule has 4 rings (SSSR count).